The van der Waals surface area contributed by atoms with Crippen LogP contribution in [-0.4, -0.2) is 37.2 Å². The summed E-state index contributed by atoms with van der Waals surface area (Å²) in [5, 5.41) is 16.1. The molecule has 1 saturated heterocycles. The molecule has 114 valence electrons. The van der Waals surface area contributed by atoms with E-state index in [4.69, 9.17) is 5.14 Å². The van der Waals surface area contributed by atoms with Gasteiger partial charge in [-0.2, -0.15) is 0 Å². The number of likely N-dealkylation sites (tertiary alicyclic amines) is 1. The molecule has 1 aromatic rings. The lowest BCUT2D eigenvalue weighted by atomic mass is 10.1. The fourth-order valence-corrected chi connectivity index (χ4v) is 2.90. The van der Waals surface area contributed by atoms with Gasteiger partial charge in [0.05, 0.1) is 15.4 Å². The van der Waals surface area contributed by atoms with Crippen molar-refractivity contribution >= 4 is 21.6 Å². The van der Waals surface area contributed by atoms with Crippen LogP contribution >= 0.6 is 0 Å². The standard InChI is InChI=1S/C12H15N3O5S/c1-8-10(12(16)14-4-2-3-5-14)6-9(21(13,19)20)7-11(8)15(17)18/h6-7H,2-5H2,1H3,(H2,13,19,20). The first kappa shape index (κ1) is 15.4. The van der Waals surface area contributed by atoms with E-state index in [0.29, 0.717) is 13.1 Å². The third-order valence-electron chi connectivity index (χ3n) is 3.50. The zero-order valence-corrected chi connectivity index (χ0v) is 12.2. The van der Waals surface area contributed by atoms with E-state index >= 15 is 0 Å². The van der Waals surface area contributed by atoms with Crippen LogP contribution in [0.15, 0.2) is 17.0 Å². The summed E-state index contributed by atoms with van der Waals surface area (Å²) in [6, 6.07) is 1.99. The number of primary sulfonamides is 1. The number of sulfonamides is 1. The van der Waals surface area contributed by atoms with E-state index in [1.807, 2.05) is 0 Å². The minimum absolute atomic E-state index is 0.00938. The Labute approximate surface area is 121 Å². The van der Waals surface area contributed by atoms with Gasteiger partial charge in [0.1, 0.15) is 0 Å². The zero-order chi connectivity index (χ0) is 15.8. The quantitative estimate of drug-likeness (QED) is 0.652. The Balaban J connectivity index is 2.61. The van der Waals surface area contributed by atoms with Gasteiger partial charge in [-0.15, -0.1) is 0 Å². The van der Waals surface area contributed by atoms with Gasteiger partial charge in [-0.3, -0.25) is 14.9 Å². The summed E-state index contributed by atoms with van der Waals surface area (Å²) in [7, 11) is -4.13. The van der Waals surface area contributed by atoms with Gasteiger partial charge >= 0.3 is 0 Å². The molecule has 0 aromatic heterocycles. The predicted molar refractivity (Wildman–Crippen MR) is 74.3 cm³/mol. The lowest BCUT2D eigenvalue weighted by Crippen LogP contribution is -2.29. The first-order valence-electron chi connectivity index (χ1n) is 6.33. The van der Waals surface area contributed by atoms with Gasteiger partial charge in [0.25, 0.3) is 11.6 Å². The summed E-state index contributed by atoms with van der Waals surface area (Å²) in [6.45, 7) is 2.55. The fourth-order valence-electron chi connectivity index (χ4n) is 2.34. The highest BCUT2D eigenvalue weighted by molar-refractivity contribution is 7.89. The number of nitrogens with two attached hydrogens (primary N) is 1. The van der Waals surface area contributed by atoms with Crippen molar-refractivity contribution < 1.29 is 18.1 Å². The van der Waals surface area contributed by atoms with Gasteiger partial charge in [0.2, 0.25) is 10.0 Å². The van der Waals surface area contributed by atoms with Crippen molar-refractivity contribution in [3.05, 3.63) is 33.4 Å². The number of carbonyl (C=O) groups is 1. The van der Waals surface area contributed by atoms with Gasteiger partial charge in [0, 0.05) is 24.7 Å². The van der Waals surface area contributed by atoms with Crippen LogP contribution in [0.5, 0.6) is 0 Å². The Morgan fingerprint density at radius 2 is 1.90 bits per heavy atom. The van der Waals surface area contributed by atoms with E-state index in [1.165, 1.54) is 6.92 Å². The van der Waals surface area contributed by atoms with Gasteiger partial charge in [-0.05, 0) is 25.8 Å². The number of benzene rings is 1. The molecule has 21 heavy (non-hydrogen) atoms. The average molecular weight is 313 g/mol. The molecule has 1 aliphatic rings. The van der Waals surface area contributed by atoms with Crippen molar-refractivity contribution in [2.75, 3.05) is 13.1 Å². The van der Waals surface area contributed by atoms with E-state index in [2.05, 4.69) is 0 Å². The number of rotatable bonds is 3. The first-order chi connectivity index (χ1) is 9.71. The van der Waals surface area contributed by atoms with Crippen molar-refractivity contribution in [2.45, 2.75) is 24.7 Å². The molecule has 1 aromatic carbocycles. The summed E-state index contributed by atoms with van der Waals surface area (Å²) >= 11 is 0. The lowest BCUT2D eigenvalue weighted by Gasteiger charge is -2.17. The van der Waals surface area contributed by atoms with Crippen LogP contribution < -0.4 is 5.14 Å². The third kappa shape index (κ3) is 3.03. The molecular weight excluding hydrogens is 298 g/mol. The number of nitro groups is 1. The fraction of sp³-hybridized carbons (Fsp3) is 0.417. The van der Waals surface area contributed by atoms with E-state index in [1.54, 1.807) is 4.90 Å². The van der Waals surface area contributed by atoms with Crippen LogP contribution in [0.2, 0.25) is 0 Å². The first-order valence-corrected chi connectivity index (χ1v) is 7.87. The van der Waals surface area contributed by atoms with Crippen molar-refractivity contribution in [2.24, 2.45) is 5.14 Å². The van der Waals surface area contributed by atoms with Crippen molar-refractivity contribution in [1.29, 1.82) is 0 Å². The summed E-state index contributed by atoms with van der Waals surface area (Å²) in [5.74, 6) is -0.404. The number of carbonyl (C=O) groups excluding carboxylic acids is 1. The number of nitrogens with zero attached hydrogens (tertiary/aromatic N) is 2. The second-order valence-corrected chi connectivity index (χ2v) is 6.48. The molecule has 2 N–H and O–H groups in total. The van der Waals surface area contributed by atoms with Crippen LogP contribution in [0.4, 0.5) is 5.69 Å². The Kier molecular flexibility index (Phi) is 3.97. The summed E-state index contributed by atoms with van der Waals surface area (Å²) in [6.07, 6.45) is 1.73. The second-order valence-electron chi connectivity index (χ2n) is 4.92. The van der Waals surface area contributed by atoms with Crippen LogP contribution in [0.25, 0.3) is 0 Å². The third-order valence-corrected chi connectivity index (χ3v) is 4.40. The van der Waals surface area contributed by atoms with Crippen LogP contribution in [-0.2, 0) is 10.0 Å². The highest BCUT2D eigenvalue weighted by Crippen LogP contribution is 2.27. The van der Waals surface area contributed by atoms with E-state index in [-0.39, 0.29) is 11.1 Å². The van der Waals surface area contributed by atoms with Crippen LogP contribution in [0.3, 0.4) is 0 Å². The molecule has 1 aliphatic heterocycles. The minimum atomic E-state index is -4.13. The van der Waals surface area contributed by atoms with E-state index in [0.717, 1.165) is 25.0 Å². The molecule has 1 fully saturated rings. The van der Waals surface area contributed by atoms with Gasteiger partial charge in [0.15, 0.2) is 0 Å². The second kappa shape index (κ2) is 5.41. The molecule has 0 spiro atoms. The SMILES string of the molecule is Cc1c(C(=O)N2CCCC2)cc(S(N)(=O)=O)cc1[N+](=O)[O-]. The van der Waals surface area contributed by atoms with Gasteiger partial charge in [-0.25, -0.2) is 13.6 Å². The molecule has 8 nitrogen and oxygen atoms in total. The van der Waals surface area contributed by atoms with Crippen molar-refractivity contribution in [3.8, 4) is 0 Å². The summed E-state index contributed by atoms with van der Waals surface area (Å²) < 4.78 is 22.9. The summed E-state index contributed by atoms with van der Waals surface area (Å²) in [5.41, 5.74) is -0.275. The molecule has 0 radical (unpaired) electrons. The Hall–Kier alpha value is -2.00. The maximum Gasteiger partial charge on any atom is 0.274 e. The number of nitro benzene ring substituents is 1. The van der Waals surface area contributed by atoms with E-state index in [9.17, 15) is 23.3 Å². The Morgan fingerprint density at radius 3 is 2.38 bits per heavy atom. The topological polar surface area (TPSA) is 124 Å². The maximum atomic E-state index is 12.4. The van der Waals surface area contributed by atoms with E-state index < -0.39 is 31.4 Å². The Morgan fingerprint density at radius 1 is 1.33 bits per heavy atom. The molecule has 1 amide bonds. The smallest absolute Gasteiger partial charge is 0.274 e. The van der Waals surface area contributed by atoms with Gasteiger partial charge < -0.3 is 4.90 Å². The molecule has 2 rings (SSSR count). The number of hydrogen-bond acceptors (Lipinski definition) is 5. The monoisotopic (exact) mass is 313 g/mol. The molecule has 0 bridgehead atoms. The van der Waals surface area contributed by atoms with Crippen molar-refractivity contribution in [3.63, 3.8) is 0 Å². The van der Waals surface area contributed by atoms with Crippen molar-refractivity contribution in [1.82, 2.24) is 4.90 Å². The molecule has 1 heterocycles. The molecule has 0 aliphatic carbocycles. The highest BCUT2D eigenvalue weighted by atomic mass is 32.2. The average Bonchev–Trinajstić information content (AvgIpc) is 2.90. The van der Waals surface area contributed by atoms with Gasteiger partial charge in [-0.1, -0.05) is 0 Å². The highest BCUT2D eigenvalue weighted by Gasteiger charge is 2.27. The maximum absolute atomic E-state index is 12.4. The zero-order valence-electron chi connectivity index (χ0n) is 11.4. The Bertz CT molecular complexity index is 708. The molecule has 0 unspecified atom stereocenters. The molecule has 0 atom stereocenters. The molecule has 0 saturated carbocycles. The predicted octanol–water partition coefficient (Wildman–Crippen LogP) is 0.787. The van der Waals surface area contributed by atoms with Crippen LogP contribution in [0.1, 0.15) is 28.8 Å². The number of amides is 1. The molecular formula is C12H15N3O5S. The summed E-state index contributed by atoms with van der Waals surface area (Å²) in [4.78, 5) is 23.8. The largest absolute Gasteiger partial charge is 0.339 e. The minimum Gasteiger partial charge on any atom is -0.339 e. The van der Waals surface area contributed by atoms with Crippen LogP contribution in [0, 0.1) is 17.0 Å². The normalized spacial score (nSPS) is 15.2. The number of hydrogen-bond donors (Lipinski definition) is 1. The molecule has 9 heteroatoms. The lowest BCUT2D eigenvalue weighted by molar-refractivity contribution is -0.385.